The highest BCUT2D eigenvalue weighted by Crippen LogP contribution is 2.75. The summed E-state index contributed by atoms with van der Waals surface area (Å²) >= 11 is 6.92. The van der Waals surface area contributed by atoms with E-state index in [0.29, 0.717) is 12.8 Å². The molecule has 6 aliphatic rings. The molecule has 1 saturated heterocycles. The minimum atomic E-state index is -1.44. The second-order valence-corrected chi connectivity index (χ2v) is 19.8. The summed E-state index contributed by atoms with van der Waals surface area (Å²) in [6.07, 6.45) is 3.97. The third-order valence-electron chi connectivity index (χ3n) is 16.0. The Bertz CT molecular complexity index is 1610. The average molecular weight is 777 g/mol. The van der Waals surface area contributed by atoms with Gasteiger partial charge in [-0.2, -0.15) is 0 Å². The van der Waals surface area contributed by atoms with Gasteiger partial charge in [0.15, 0.2) is 30.4 Å². The highest BCUT2D eigenvalue weighted by molar-refractivity contribution is 6.21. The third-order valence-corrected chi connectivity index (χ3v) is 16.5. The maximum Gasteiger partial charge on any atom is 0.339 e. The van der Waals surface area contributed by atoms with E-state index in [4.69, 9.17) is 40.0 Å². The van der Waals surface area contributed by atoms with E-state index in [0.717, 1.165) is 44.9 Å². The standard InChI is InChI=1S/C42H61ClO11/c1-22(44)51-30-29(43)35(54-32(34(47)49-10)31(30)52-23(2)45)53-28-13-14-40(7)27(37(28,3)4)12-15-42(9)33(40)26(46)20-24-25-21-39(6,36(48)50-11)17-16-38(25,5)18-19-41(24,42)8/h20,25,27-33,35H,12-19,21H2,1-11H3/t25-,27+,28+,29+,30-,31+,32+,33-,35+,38-,39+,40+,41-,42-/m1/s1. The van der Waals surface area contributed by atoms with Crippen molar-refractivity contribution in [2.45, 2.75) is 156 Å². The molecule has 1 heterocycles. The molecule has 0 aromatic heterocycles. The van der Waals surface area contributed by atoms with Crippen molar-refractivity contribution >= 4 is 41.3 Å². The summed E-state index contributed by atoms with van der Waals surface area (Å²) in [5, 5.41) is -1.11. The number of carbonyl (C=O) groups excluding carboxylic acids is 5. The molecular formula is C42H61ClO11. The summed E-state index contributed by atoms with van der Waals surface area (Å²) in [4.78, 5) is 65.1. The number of ketones is 1. The second-order valence-electron chi connectivity index (χ2n) is 19.3. The maximum atomic E-state index is 14.9. The van der Waals surface area contributed by atoms with Crippen LogP contribution in [0.5, 0.6) is 0 Å². The normalized spacial score (nSPS) is 46.6. The lowest BCUT2D eigenvalue weighted by molar-refractivity contribution is -0.292. The van der Waals surface area contributed by atoms with E-state index in [-0.39, 0.29) is 57.3 Å². The number of rotatable bonds is 6. The van der Waals surface area contributed by atoms with E-state index in [1.807, 2.05) is 13.0 Å². The average Bonchev–Trinajstić information content (AvgIpc) is 3.09. The van der Waals surface area contributed by atoms with Crippen LogP contribution in [0.2, 0.25) is 0 Å². The number of alkyl halides is 1. The van der Waals surface area contributed by atoms with Gasteiger partial charge in [0.1, 0.15) is 5.38 Å². The van der Waals surface area contributed by atoms with Gasteiger partial charge < -0.3 is 28.4 Å². The predicted molar refractivity (Wildman–Crippen MR) is 198 cm³/mol. The first kappa shape index (κ1) is 41.1. The van der Waals surface area contributed by atoms with Crippen molar-refractivity contribution in [3.63, 3.8) is 0 Å². The van der Waals surface area contributed by atoms with Crippen LogP contribution in [0.4, 0.5) is 0 Å². The Morgan fingerprint density at radius 3 is 2.06 bits per heavy atom. The molecule has 0 aromatic carbocycles. The highest BCUT2D eigenvalue weighted by Gasteiger charge is 2.71. The zero-order valence-electron chi connectivity index (χ0n) is 34.0. The lowest BCUT2D eigenvalue weighted by atomic mass is 9.33. The fourth-order valence-electron chi connectivity index (χ4n) is 12.9. The van der Waals surface area contributed by atoms with Crippen LogP contribution in [0.3, 0.4) is 0 Å². The largest absolute Gasteiger partial charge is 0.469 e. The molecule has 11 nitrogen and oxygen atoms in total. The summed E-state index contributed by atoms with van der Waals surface area (Å²) in [6.45, 7) is 18.2. The van der Waals surface area contributed by atoms with Crippen molar-refractivity contribution in [3.8, 4) is 0 Å². The molecule has 0 N–H and O–H groups in total. The highest BCUT2D eigenvalue weighted by atomic mass is 35.5. The van der Waals surface area contributed by atoms with Crippen molar-refractivity contribution in [3.05, 3.63) is 11.6 Å². The lowest BCUT2D eigenvalue weighted by Gasteiger charge is -2.70. The first-order valence-electron chi connectivity index (χ1n) is 19.7. The molecule has 5 fully saturated rings. The minimum absolute atomic E-state index is 0.0296. The van der Waals surface area contributed by atoms with Gasteiger partial charge in [-0.1, -0.05) is 47.1 Å². The molecule has 302 valence electrons. The first-order valence-corrected chi connectivity index (χ1v) is 20.2. The topological polar surface area (TPSA) is 141 Å². The van der Waals surface area contributed by atoms with Crippen LogP contribution in [0.15, 0.2) is 11.6 Å². The molecule has 6 rings (SSSR count). The van der Waals surface area contributed by atoms with Gasteiger partial charge in [0, 0.05) is 19.8 Å². The van der Waals surface area contributed by atoms with Crippen molar-refractivity contribution in [1.29, 1.82) is 0 Å². The van der Waals surface area contributed by atoms with E-state index in [1.165, 1.54) is 33.6 Å². The van der Waals surface area contributed by atoms with Gasteiger partial charge in [-0.3, -0.25) is 19.2 Å². The molecule has 0 bridgehead atoms. The Morgan fingerprint density at radius 2 is 1.44 bits per heavy atom. The zero-order chi connectivity index (χ0) is 40.0. The predicted octanol–water partition coefficient (Wildman–Crippen LogP) is 6.89. The van der Waals surface area contributed by atoms with Crippen molar-refractivity contribution in [1.82, 2.24) is 0 Å². The van der Waals surface area contributed by atoms with Crippen LogP contribution in [0, 0.1) is 50.2 Å². The quantitative estimate of drug-likeness (QED) is 0.121. The van der Waals surface area contributed by atoms with E-state index in [1.54, 1.807) is 0 Å². The summed E-state index contributed by atoms with van der Waals surface area (Å²) < 4.78 is 34.1. The van der Waals surface area contributed by atoms with Crippen LogP contribution >= 0.6 is 11.6 Å². The second kappa shape index (κ2) is 13.9. The zero-order valence-corrected chi connectivity index (χ0v) is 34.8. The molecule has 0 unspecified atom stereocenters. The van der Waals surface area contributed by atoms with Crippen molar-refractivity contribution in [2.75, 3.05) is 14.2 Å². The van der Waals surface area contributed by atoms with Gasteiger partial charge in [0.25, 0.3) is 0 Å². The van der Waals surface area contributed by atoms with Gasteiger partial charge in [-0.15, -0.1) is 11.6 Å². The Morgan fingerprint density at radius 1 is 0.815 bits per heavy atom. The summed E-state index contributed by atoms with van der Waals surface area (Å²) in [5.41, 5.74) is -0.590. The van der Waals surface area contributed by atoms with Crippen LogP contribution in [-0.2, 0) is 52.4 Å². The van der Waals surface area contributed by atoms with Crippen LogP contribution in [0.1, 0.15) is 120 Å². The maximum absolute atomic E-state index is 14.9. The molecule has 54 heavy (non-hydrogen) atoms. The Hall–Kier alpha value is -2.50. The number of allylic oxidation sites excluding steroid dienone is 2. The summed E-state index contributed by atoms with van der Waals surface area (Å²) in [6, 6.07) is 0. The molecule has 1 aliphatic heterocycles. The fraction of sp³-hybridized carbons (Fsp3) is 0.833. The van der Waals surface area contributed by atoms with Gasteiger partial charge >= 0.3 is 23.9 Å². The van der Waals surface area contributed by atoms with Crippen LogP contribution < -0.4 is 0 Å². The molecular weight excluding hydrogens is 716 g/mol. The molecule has 0 spiro atoms. The van der Waals surface area contributed by atoms with Crippen molar-refractivity contribution < 1.29 is 52.4 Å². The minimum Gasteiger partial charge on any atom is -0.469 e. The van der Waals surface area contributed by atoms with Gasteiger partial charge in [-0.05, 0) is 110 Å². The van der Waals surface area contributed by atoms with E-state index >= 15 is 0 Å². The monoisotopic (exact) mass is 776 g/mol. The molecule has 0 amide bonds. The summed E-state index contributed by atoms with van der Waals surface area (Å²) in [5.74, 6) is -2.13. The summed E-state index contributed by atoms with van der Waals surface area (Å²) in [7, 11) is 2.66. The van der Waals surface area contributed by atoms with E-state index < -0.39 is 58.7 Å². The number of fused-ring (bicyclic) bond motifs is 7. The first-order chi connectivity index (χ1) is 25.0. The number of methoxy groups -OCH3 is 2. The molecule has 4 saturated carbocycles. The lowest BCUT2D eigenvalue weighted by Crippen LogP contribution is -2.67. The number of hydrogen-bond acceptors (Lipinski definition) is 11. The van der Waals surface area contributed by atoms with E-state index in [2.05, 4.69) is 41.5 Å². The Kier molecular flexibility index (Phi) is 10.6. The third kappa shape index (κ3) is 6.16. The number of halogens is 1. The van der Waals surface area contributed by atoms with Crippen LogP contribution in [0.25, 0.3) is 0 Å². The fourth-order valence-corrected chi connectivity index (χ4v) is 13.2. The number of esters is 4. The Balaban J connectivity index is 1.30. The number of ether oxygens (including phenoxy) is 6. The van der Waals surface area contributed by atoms with Gasteiger partial charge in [0.05, 0.1) is 25.7 Å². The molecule has 12 heteroatoms. The number of carbonyl (C=O) groups is 5. The number of hydrogen-bond donors (Lipinski definition) is 0. The SMILES string of the molecule is COC(=O)[C@H]1O[C@H](O[C@H]2CC[C@]3(C)[C@H]4C(=O)C=C5[C@H]6C[C@@](C)(C(=O)OC)CC[C@]6(C)CC[C@@]5(C)[C@]4(C)CC[C@H]3C2(C)C)[C@@H](Cl)[C@@H](OC(C)=O)[C@@H]1OC(C)=O. The Labute approximate surface area is 325 Å². The van der Waals surface area contributed by atoms with E-state index in [9.17, 15) is 24.0 Å². The van der Waals surface area contributed by atoms with Gasteiger partial charge in [-0.25, -0.2) is 4.79 Å². The smallest absolute Gasteiger partial charge is 0.339 e. The molecule has 5 aliphatic carbocycles. The molecule has 0 aromatic rings. The molecule has 0 radical (unpaired) electrons. The van der Waals surface area contributed by atoms with Crippen LogP contribution in [-0.4, -0.2) is 80.0 Å². The van der Waals surface area contributed by atoms with Gasteiger partial charge in [0.2, 0.25) is 0 Å². The van der Waals surface area contributed by atoms with Crippen molar-refractivity contribution in [2.24, 2.45) is 50.2 Å². The molecule has 14 atom stereocenters.